The summed E-state index contributed by atoms with van der Waals surface area (Å²) < 4.78 is 10.3. The number of hydrogen-bond donors (Lipinski definition) is 1. The van der Waals surface area contributed by atoms with Gasteiger partial charge in [-0.3, -0.25) is 14.9 Å². The van der Waals surface area contributed by atoms with E-state index in [9.17, 15) is 14.9 Å². The van der Waals surface area contributed by atoms with Gasteiger partial charge in [0.25, 0.3) is 11.6 Å². The van der Waals surface area contributed by atoms with Crippen LogP contribution in [0.4, 0.5) is 5.69 Å². The Morgan fingerprint density at radius 3 is 2.41 bits per heavy atom. The van der Waals surface area contributed by atoms with Crippen molar-refractivity contribution in [1.82, 2.24) is 5.43 Å². The van der Waals surface area contributed by atoms with E-state index in [4.69, 9.17) is 21.1 Å². The van der Waals surface area contributed by atoms with E-state index >= 15 is 0 Å². The van der Waals surface area contributed by atoms with E-state index in [0.717, 1.165) is 0 Å². The molecule has 0 unspecified atom stereocenters. The number of ether oxygens (including phenoxy) is 2. The van der Waals surface area contributed by atoms with E-state index in [0.29, 0.717) is 22.6 Å². The van der Waals surface area contributed by atoms with Gasteiger partial charge in [0.05, 0.1) is 30.4 Å². The summed E-state index contributed by atoms with van der Waals surface area (Å²) in [6, 6.07) is 10.5. The lowest BCUT2D eigenvalue weighted by Crippen LogP contribution is -2.17. The number of nitrogens with one attached hydrogen (secondary N) is 1. The van der Waals surface area contributed by atoms with Crippen molar-refractivity contribution in [3.63, 3.8) is 0 Å². The average molecular weight is 390 g/mol. The predicted molar refractivity (Wildman–Crippen MR) is 102 cm³/mol. The summed E-state index contributed by atoms with van der Waals surface area (Å²) in [5.74, 6) is 0.476. The second-order valence-electron chi connectivity index (χ2n) is 5.15. The second kappa shape index (κ2) is 9.35. The van der Waals surface area contributed by atoms with Crippen molar-refractivity contribution in [2.24, 2.45) is 5.10 Å². The maximum absolute atomic E-state index is 12.1. The molecule has 0 radical (unpaired) electrons. The van der Waals surface area contributed by atoms with Crippen LogP contribution in [-0.4, -0.2) is 31.3 Å². The van der Waals surface area contributed by atoms with Crippen LogP contribution in [0.2, 0.25) is 0 Å². The lowest BCUT2D eigenvalue weighted by atomic mass is 10.2. The molecular weight excluding hydrogens is 374 g/mol. The van der Waals surface area contributed by atoms with E-state index in [-0.39, 0.29) is 10.7 Å². The number of amides is 1. The quantitative estimate of drug-likeness (QED) is 0.442. The number of carbonyl (C=O) groups is 1. The number of hydrazone groups is 1. The Hall–Kier alpha value is -3.39. The van der Waals surface area contributed by atoms with Crippen molar-refractivity contribution in [2.75, 3.05) is 14.2 Å². The highest BCUT2D eigenvalue weighted by Crippen LogP contribution is 2.27. The van der Waals surface area contributed by atoms with Gasteiger partial charge in [-0.1, -0.05) is 11.6 Å². The number of hydrogen-bond acceptors (Lipinski definition) is 6. The highest BCUT2D eigenvalue weighted by atomic mass is 35.5. The Kier molecular flexibility index (Phi) is 6.90. The van der Waals surface area contributed by atoms with Gasteiger partial charge in [-0.15, -0.1) is 0 Å². The molecule has 9 heteroatoms. The lowest BCUT2D eigenvalue weighted by molar-refractivity contribution is -0.384. The van der Waals surface area contributed by atoms with E-state index in [2.05, 4.69) is 10.5 Å². The third-order valence-corrected chi connectivity index (χ3v) is 3.61. The molecule has 2 aromatic rings. The van der Waals surface area contributed by atoms with Crippen LogP contribution in [0.5, 0.6) is 11.5 Å². The normalized spacial score (nSPS) is 11.3. The molecule has 0 atom stereocenters. The van der Waals surface area contributed by atoms with Gasteiger partial charge in [-0.05, 0) is 42.0 Å². The van der Waals surface area contributed by atoms with Crippen molar-refractivity contribution in [1.29, 1.82) is 0 Å². The van der Waals surface area contributed by atoms with Gasteiger partial charge < -0.3 is 9.47 Å². The summed E-state index contributed by atoms with van der Waals surface area (Å²) >= 11 is 6.02. The topological polar surface area (TPSA) is 103 Å². The minimum Gasteiger partial charge on any atom is -0.493 e. The van der Waals surface area contributed by atoms with Crippen LogP contribution in [0.25, 0.3) is 6.08 Å². The summed E-state index contributed by atoms with van der Waals surface area (Å²) in [6.07, 6.45) is 2.80. The Labute approximate surface area is 160 Å². The van der Waals surface area contributed by atoms with Gasteiger partial charge in [0.1, 0.15) is 0 Å². The first-order valence-electron chi connectivity index (χ1n) is 7.61. The van der Waals surface area contributed by atoms with E-state index in [1.807, 2.05) is 0 Å². The monoisotopic (exact) mass is 389 g/mol. The maximum Gasteiger partial charge on any atom is 0.271 e. The number of halogens is 1. The number of carbonyl (C=O) groups excluding carboxylic acids is 1. The van der Waals surface area contributed by atoms with Gasteiger partial charge in [0.2, 0.25) is 0 Å². The minimum absolute atomic E-state index is 0.0147. The molecule has 8 nitrogen and oxygen atoms in total. The van der Waals surface area contributed by atoms with Crippen LogP contribution in [0.15, 0.2) is 52.6 Å². The summed E-state index contributed by atoms with van der Waals surface area (Å²) in [6.45, 7) is 0. The number of methoxy groups -OCH3 is 2. The van der Waals surface area contributed by atoms with Crippen LogP contribution in [0.1, 0.15) is 15.9 Å². The average Bonchev–Trinajstić information content (AvgIpc) is 2.67. The van der Waals surface area contributed by atoms with Crippen molar-refractivity contribution >= 4 is 35.5 Å². The molecule has 0 saturated carbocycles. The predicted octanol–water partition coefficient (Wildman–Crippen LogP) is 3.61. The molecule has 0 saturated heterocycles. The van der Waals surface area contributed by atoms with Crippen LogP contribution < -0.4 is 14.9 Å². The van der Waals surface area contributed by atoms with Gasteiger partial charge in [-0.25, -0.2) is 5.43 Å². The molecule has 0 aliphatic heterocycles. The Balaban J connectivity index is 2.01. The molecule has 27 heavy (non-hydrogen) atoms. The fourth-order valence-corrected chi connectivity index (χ4v) is 2.26. The van der Waals surface area contributed by atoms with Gasteiger partial charge in [0, 0.05) is 17.7 Å². The third-order valence-electron chi connectivity index (χ3n) is 3.41. The summed E-state index contributed by atoms with van der Waals surface area (Å²) in [4.78, 5) is 22.2. The molecule has 0 aliphatic rings. The van der Waals surface area contributed by atoms with E-state index in [1.165, 1.54) is 38.6 Å². The molecular formula is C18H16ClN3O5. The number of nitro groups is 1. The molecule has 0 aliphatic carbocycles. The Morgan fingerprint density at radius 1 is 1.15 bits per heavy atom. The minimum atomic E-state index is -0.486. The second-order valence-corrected chi connectivity index (χ2v) is 5.58. The lowest BCUT2D eigenvalue weighted by Gasteiger charge is -2.08. The molecule has 0 spiro atoms. The van der Waals surface area contributed by atoms with Crippen LogP contribution >= 0.6 is 11.6 Å². The number of benzene rings is 2. The van der Waals surface area contributed by atoms with Gasteiger partial charge in [0.15, 0.2) is 11.5 Å². The smallest absolute Gasteiger partial charge is 0.271 e. The molecule has 140 valence electrons. The first kappa shape index (κ1) is 19.9. The summed E-state index contributed by atoms with van der Waals surface area (Å²) in [5.41, 5.74) is 3.32. The zero-order chi connectivity index (χ0) is 19.8. The third kappa shape index (κ3) is 5.55. The fraction of sp³-hybridized carbons (Fsp3) is 0.111. The molecule has 2 aromatic carbocycles. The van der Waals surface area contributed by atoms with Crippen molar-refractivity contribution in [2.45, 2.75) is 0 Å². The number of non-ortho nitro benzene ring substituents is 1. The SMILES string of the molecule is COc1ccc(C(=O)NN=C/C(Cl)=C/c2ccc([N+](=O)[O-])cc2)cc1OC. The summed E-state index contributed by atoms with van der Waals surface area (Å²) in [7, 11) is 2.97. The number of rotatable bonds is 7. The van der Waals surface area contributed by atoms with Crippen LogP contribution in [-0.2, 0) is 0 Å². The Bertz CT molecular complexity index is 894. The van der Waals surface area contributed by atoms with E-state index in [1.54, 1.807) is 30.3 Å². The summed E-state index contributed by atoms with van der Waals surface area (Å²) in [5, 5.41) is 14.6. The van der Waals surface area contributed by atoms with Crippen LogP contribution in [0, 0.1) is 10.1 Å². The molecule has 0 fully saturated rings. The van der Waals surface area contributed by atoms with Crippen molar-refractivity contribution in [3.05, 3.63) is 68.7 Å². The number of allylic oxidation sites excluding steroid dienone is 1. The largest absolute Gasteiger partial charge is 0.493 e. The maximum atomic E-state index is 12.1. The molecule has 0 bridgehead atoms. The molecule has 1 amide bonds. The Morgan fingerprint density at radius 2 is 1.81 bits per heavy atom. The number of nitro benzene ring substituents is 1. The first-order valence-corrected chi connectivity index (χ1v) is 7.99. The van der Waals surface area contributed by atoms with Gasteiger partial charge in [-0.2, -0.15) is 5.10 Å². The molecule has 1 N–H and O–H groups in total. The highest BCUT2D eigenvalue weighted by molar-refractivity contribution is 6.41. The molecule has 0 heterocycles. The van der Waals surface area contributed by atoms with E-state index < -0.39 is 10.8 Å². The van der Waals surface area contributed by atoms with Gasteiger partial charge >= 0.3 is 0 Å². The standard InChI is InChI=1S/C18H16ClN3O5/c1-26-16-8-5-13(10-17(16)27-2)18(23)21-20-11-14(19)9-12-3-6-15(7-4-12)22(24)25/h3-11H,1-2H3,(H,21,23)/b14-9-,20-11?. The molecule has 0 aromatic heterocycles. The first-order chi connectivity index (χ1) is 12.9. The molecule has 2 rings (SSSR count). The zero-order valence-electron chi connectivity index (χ0n) is 14.5. The number of nitrogens with zero attached hydrogens (tertiary/aromatic N) is 2. The van der Waals surface area contributed by atoms with Crippen molar-refractivity contribution < 1.29 is 19.2 Å². The zero-order valence-corrected chi connectivity index (χ0v) is 15.3. The highest BCUT2D eigenvalue weighted by Gasteiger charge is 2.10. The van der Waals surface area contributed by atoms with Crippen molar-refractivity contribution in [3.8, 4) is 11.5 Å². The fourth-order valence-electron chi connectivity index (χ4n) is 2.08. The van der Waals surface area contributed by atoms with Crippen LogP contribution in [0.3, 0.4) is 0 Å².